The Hall–Kier alpha value is -2.71. The van der Waals surface area contributed by atoms with Crippen LogP contribution in [0.2, 0.25) is 0 Å². The number of hydrogen-bond donors (Lipinski definition) is 0. The van der Waals surface area contributed by atoms with E-state index >= 15 is 0 Å². The van der Waals surface area contributed by atoms with Gasteiger partial charge in [0.1, 0.15) is 12.2 Å². The van der Waals surface area contributed by atoms with Crippen LogP contribution >= 0.6 is 0 Å². The number of imide groups is 1. The van der Waals surface area contributed by atoms with Crippen LogP contribution < -0.4 is 0 Å². The van der Waals surface area contributed by atoms with E-state index in [0.717, 1.165) is 11.1 Å². The van der Waals surface area contributed by atoms with Crippen molar-refractivity contribution < 1.29 is 22.8 Å². The molecule has 0 saturated carbocycles. The van der Waals surface area contributed by atoms with Crippen molar-refractivity contribution in [3.63, 3.8) is 0 Å². The Morgan fingerprint density at radius 2 is 2.00 bits per heavy atom. The van der Waals surface area contributed by atoms with Gasteiger partial charge in [-0.3, -0.25) is 19.7 Å². The molecule has 9 heteroatoms. The maximum Gasteiger partial charge on any atom is 0.406 e. The van der Waals surface area contributed by atoms with Gasteiger partial charge in [-0.1, -0.05) is 6.07 Å². The Bertz CT molecular complexity index is 700. The summed E-state index contributed by atoms with van der Waals surface area (Å²) in [7, 11) is 0. The highest BCUT2D eigenvalue weighted by Crippen LogP contribution is 2.29. The molecular weight excluding hydrogens is 313 g/mol. The molecule has 0 bridgehead atoms. The second-order valence-electron chi connectivity index (χ2n) is 5.06. The van der Waals surface area contributed by atoms with Crippen LogP contribution in [0.4, 0.5) is 18.0 Å². The number of urea groups is 1. The fourth-order valence-electron chi connectivity index (χ4n) is 2.47. The number of aliphatic imine (C=N–C) groups is 1. The molecule has 2 aliphatic heterocycles. The number of hydrogen-bond acceptors (Lipinski definition) is 4. The summed E-state index contributed by atoms with van der Waals surface area (Å²) in [5.74, 6) is -0.991. The molecule has 2 aliphatic rings. The Balaban J connectivity index is 1.85. The third-order valence-corrected chi connectivity index (χ3v) is 3.43. The standard InChI is InChI=1S/C14H11F3N4O2/c15-14(16,17)8-20-12(22)11-7-18-6-10(21(11)13(20)23)5-9-3-1-2-4-19-9/h1-4,6-7,10H,5,8H2. The molecule has 1 saturated heterocycles. The van der Waals surface area contributed by atoms with E-state index in [2.05, 4.69) is 9.98 Å². The third kappa shape index (κ3) is 2.94. The number of rotatable bonds is 3. The van der Waals surface area contributed by atoms with Crippen LogP contribution in [-0.4, -0.2) is 51.7 Å². The average Bonchev–Trinajstić information content (AvgIpc) is 2.73. The van der Waals surface area contributed by atoms with E-state index in [0.29, 0.717) is 5.69 Å². The summed E-state index contributed by atoms with van der Waals surface area (Å²) in [5, 5.41) is 0. The minimum atomic E-state index is -4.65. The summed E-state index contributed by atoms with van der Waals surface area (Å²) < 4.78 is 37.7. The Labute approximate surface area is 128 Å². The summed E-state index contributed by atoms with van der Waals surface area (Å²) in [6, 6.07) is 3.55. The first-order valence-electron chi connectivity index (χ1n) is 6.72. The number of carbonyl (C=O) groups is 2. The first kappa shape index (κ1) is 15.2. The van der Waals surface area contributed by atoms with Gasteiger partial charge in [0.05, 0.1) is 12.2 Å². The number of fused-ring (bicyclic) bond motifs is 1. The van der Waals surface area contributed by atoms with Crippen molar-refractivity contribution in [2.45, 2.75) is 18.6 Å². The molecule has 0 spiro atoms. The van der Waals surface area contributed by atoms with E-state index in [4.69, 9.17) is 0 Å². The van der Waals surface area contributed by atoms with E-state index in [9.17, 15) is 22.8 Å². The van der Waals surface area contributed by atoms with E-state index in [1.54, 1.807) is 24.4 Å². The first-order valence-corrected chi connectivity index (χ1v) is 6.72. The van der Waals surface area contributed by atoms with E-state index < -0.39 is 30.7 Å². The second kappa shape index (κ2) is 5.49. The minimum absolute atomic E-state index is 0.150. The Morgan fingerprint density at radius 1 is 1.22 bits per heavy atom. The Kier molecular flexibility index (Phi) is 3.63. The molecule has 0 aliphatic carbocycles. The number of halogens is 3. The minimum Gasteiger partial charge on any atom is -0.278 e. The van der Waals surface area contributed by atoms with E-state index in [1.165, 1.54) is 6.21 Å². The SMILES string of the molecule is O=C1C2=CN=CC(Cc3ccccn3)N2C(=O)N1CC(F)(F)F. The zero-order chi connectivity index (χ0) is 16.6. The van der Waals surface area contributed by atoms with Gasteiger partial charge in [-0.25, -0.2) is 9.69 Å². The molecular formula is C14H11F3N4O2. The van der Waals surface area contributed by atoms with Crippen molar-refractivity contribution in [2.24, 2.45) is 4.99 Å². The number of aromatic nitrogens is 1. The van der Waals surface area contributed by atoms with Gasteiger partial charge in [-0.05, 0) is 12.1 Å². The molecule has 1 aromatic heterocycles. The zero-order valence-electron chi connectivity index (χ0n) is 11.7. The highest BCUT2D eigenvalue weighted by Gasteiger charge is 2.49. The van der Waals surface area contributed by atoms with Crippen LogP contribution in [-0.2, 0) is 11.2 Å². The Morgan fingerprint density at radius 3 is 2.65 bits per heavy atom. The summed E-state index contributed by atoms with van der Waals surface area (Å²) >= 11 is 0. The maximum atomic E-state index is 12.6. The molecule has 1 fully saturated rings. The van der Waals surface area contributed by atoms with Crippen LogP contribution in [0.3, 0.4) is 0 Å². The van der Waals surface area contributed by atoms with Gasteiger partial charge in [0, 0.05) is 24.5 Å². The summed E-state index contributed by atoms with van der Waals surface area (Å²) in [4.78, 5) is 33.5. The summed E-state index contributed by atoms with van der Waals surface area (Å²) in [6.45, 7) is -1.62. The highest BCUT2D eigenvalue weighted by molar-refractivity contribution is 6.13. The van der Waals surface area contributed by atoms with Crippen LogP contribution in [0, 0.1) is 0 Å². The number of alkyl halides is 3. The molecule has 0 N–H and O–H groups in total. The van der Waals surface area contributed by atoms with Gasteiger partial charge >= 0.3 is 12.2 Å². The van der Waals surface area contributed by atoms with Crippen LogP contribution in [0.5, 0.6) is 0 Å². The lowest BCUT2D eigenvalue weighted by Crippen LogP contribution is -2.44. The molecule has 1 aromatic rings. The summed E-state index contributed by atoms with van der Waals surface area (Å²) in [5.41, 5.74) is 0.488. The van der Waals surface area contributed by atoms with Crippen LogP contribution in [0.15, 0.2) is 41.3 Å². The van der Waals surface area contributed by atoms with E-state index in [1.807, 2.05) is 0 Å². The molecule has 23 heavy (non-hydrogen) atoms. The predicted octanol–water partition coefficient (Wildman–Crippen LogP) is 1.75. The van der Waals surface area contributed by atoms with Gasteiger partial charge in [-0.15, -0.1) is 0 Å². The quantitative estimate of drug-likeness (QED) is 0.796. The van der Waals surface area contributed by atoms with E-state index in [-0.39, 0.29) is 17.0 Å². The molecule has 1 atom stereocenters. The van der Waals surface area contributed by atoms with Crippen molar-refractivity contribution in [3.05, 3.63) is 42.0 Å². The smallest absolute Gasteiger partial charge is 0.278 e. The first-order chi connectivity index (χ1) is 10.9. The fraction of sp³-hybridized carbons (Fsp3) is 0.286. The van der Waals surface area contributed by atoms with Gasteiger partial charge < -0.3 is 0 Å². The zero-order valence-corrected chi connectivity index (χ0v) is 11.7. The predicted molar refractivity (Wildman–Crippen MR) is 73.3 cm³/mol. The molecule has 3 heterocycles. The van der Waals surface area contributed by atoms with Crippen LogP contribution in [0.25, 0.3) is 0 Å². The van der Waals surface area contributed by atoms with Gasteiger partial charge in [0.2, 0.25) is 0 Å². The number of nitrogens with zero attached hydrogens (tertiary/aromatic N) is 4. The largest absolute Gasteiger partial charge is 0.406 e. The maximum absolute atomic E-state index is 12.6. The lowest BCUT2D eigenvalue weighted by atomic mass is 10.1. The van der Waals surface area contributed by atoms with Gasteiger partial charge in [0.25, 0.3) is 5.91 Å². The number of pyridine rings is 1. The second-order valence-corrected chi connectivity index (χ2v) is 5.06. The molecule has 6 nitrogen and oxygen atoms in total. The average molecular weight is 324 g/mol. The molecule has 0 radical (unpaired) electrons. The molecule has 1 unspecified atom stereocenters. The monoisotopic (exact) mass is 324 g/mol. The normalized spacial score (nSPS) is 20.8. The topological polar surface area (TPSA) is 65.9 Å². The summed E-state index contributed by atoms with van der Waals surface area (Å²) in [6.07, 6.45) is -0.316. The van der Waals surface area contributed by atoms with Gasteiger partial charge in [0.15, 0.2) is 0 Å². The van der Waals surface area contributed by atoms with Crippen molar-refractivity contribution in [1.29, 1.82) is 0 Å². The van der Waals surface area contributed by atoms with Gasteiger partial charge in [-0.2, -0.15) is 13.2 Å². The molecule has 120 valence electrons. The van der Waals surface area contributed by atoms with Crippen molar-refractivity contribution in [1.82, 2.24) is 14.8 Å². The van der Waals surface area contributed by atoms with Crippen LogP contribution in [0.1, 0.15) is 5.69 Å². The molecule has 3 amide bonds. The van der Waals surface area contributed by atoms with Crippen molar-refractivity contribution in [2.75, 3.05) is 6.54 Å². The molecule has 0 aromatic carbocycles. The molecule has 3 rings (SSSR count). The van der Waals surface area contributed by atoms with Crippen molar-refractivity contribution in [3.8, 4) is 0 Å². The highest BCUT2D eigenvalue weighted by atomic mass is 19.4. The fourth-order valence-corrected chi connectivity index (χ4v) is 2.47. The lowest BCUT2D eigenvalue weighted by Gasteiger charge is -2.26. The van der Waals surface area contributed by atoms with Crippen molar-refractivity contribution >= 4 is 18.2 Å². The number of amides is 3. The lowest BCUT2D eigenvalue weighted by molar-refractivity contribution is -0.151. The number of carbonyl (C=O) groups excluding carboxylic acids is 2. The third-order valence-electron chi connectivity index (χ3n) is 3.43.